The number of hydrogen-bond donors (Lipinski definition) is 2. The lowest BCUT2D eigenvalue weighted by Gasteiger charge is -2.10. The summed E-state index contributed by atoms with van der Waals surface area (Å²) in [6.07, 6.45) is 0.0506. The van der Waals surface area contributed by atoms with Gasteiger partial charge in [0.1, 0.15) is 6.61 Å². The minimum atomic E-state index is -0.121. The Morgan fingerprint density at radius 3 is 3.00 bits per heavy atom. The highest BCUT2D eigenvalue weighted by molar-refractivity contribution is 7.71. The fourth-order valence-electron chi connectivity index (χ4n) is 0.991. The van der Waals surface area contributed by atoms with Crippen LogP contribution in [0.4, 0.5) is 0 Å². The predicted molar refractivity (Wildman–Crippen MR) is 49.8 cm³/mol. The van der Waals surface area contributed by atoms with Gasteiger partial charge in [-0.2, -0.15) is 5.10 Å². The summed E-state index contributed by atoms with van der Waals surface area (Å²) in [5.41, 5.74) is 0. The summed E-state index contributed by atoms with van der Waals surface area (Å²) < 4.78 is 7.32. The van der Waals surface area contributed by atoms with E-state index in [4.69, 9.17) is 22.1 Å². The fraction of sp³-hybridized carbons (Fsp3) is 0.714. The molecule has 0 radical (unpaired) electrons. The Labute approximate surface area is 81.3 Å². The molecule has 1 rings (SSSR count). The van der Waals surface area contributed by atoms with Crippen LogP contribution in [-0.2, 0) is 17.9 Å². The molecule has 0 saturated heterocycles. The maximum absolute atomic E-state index is 8.93. The van der Waals surface area contributed by atoms with E-state index in [1.54, 1.807) is 11.7 Å². The van der Waals surface area contributed by atoms with Gasteiger partial charge in [0, 0.05) is 7.11 Å². The Hall–Kier alpha value is -0.720. The van der Waals surface area contributed by atoms with Gasteiger partial charge >= 0.3 is 0 Å². The van der Waals surface area contributed by atoms with E-state index in [-0.39, 0.29) is 12.7 Å². The molecular weight excluding hydrogens is 190 g/mol. The lowest BCUT2D eigenvalue weighted by atomic mass is 10.4. The monoisotopic (exact) mass is 203 g/mol. The normalized spacial score (nSPS) is 13.2. The molecule has 1 unspecified atom stereocenters. The molecule has 0 amide bonds. The number of methoxy groups -OCH3 is 1. The number of aliphatic hydroxyl groups excluding tert-OH is 1. The molecule has 74 valence electrons. The number of H-pyrrole nitrogens is 1. The van der Waals surface area contributed by atoms with E-state index in [0.717, 1.165) is 0 Å². The number of nitrogens with zero attached hydrogens (tertiary/aromatic N) is 2. The van der Waals surface area contributed by atoms with Crippen LogP contribution in [0.15, 0.2) is 0 Å². The molecule has 1 atom stereocenters. The van der Waals surface area contributed by atoms with Gasteiger partial charge in [0.15, 0.2) is 10.6 Å². The number of hydrogen-bond acceptors (Lipinski definition) is 4. The summed E-state index contributed by atoms with van der Waals surface area (Å²) >= 11 is 4.98. The second-order valence-corrected chi connectivity index (χ2v) is 3.15. The molecule has 2 N–H and O–H groups in total. The number of ether oxygens (including phenoxy) is 1. The number of rotatable bonds is 4. The van der Waals surface area contributed by atoms with E-state index in [1.165, 1.54) is 0 Å². The molecule has 0 aliphatic carbocycles. The first-order valence-corrected chi connectivity index (χ1v) is 4.37. The molecule has 5 nitrogen and oxygen atoms in total. The molecule has 6 heteroatoms. The van der Waals surface area contributed by atoms with Crippen molar-refractivity contribution in [1.29, 1.82) is 0 Å². The predicted octanol–water partition coefficient (Wildman–Crippen LogP) is 0.468. The van der Waals surface area contributed by atoms with Gasteiger partial charge in [-0.25, -0.2) is 0 Å². The molecule has 0 bridgehead atoms. The van der Waals surface area contributed by atoms with Crippen LogP contribution in [0.25, 0.3) is 0 Å². The molecule has 1 aromatic heterocycles. The van der Waals surface area contributed by atoms with E-state index in [1.807, 2.05) is 6.92 Å². The molecule has 0 aliphatic heterocycles. The standard InChI is InChI=1S/C7H13N3O2S/c1-5(12-2)3-10-6(4-11)8-9-7(10)13/h5,11H,3-4H2,1-2H3,(H,9,13). The molecule has 1 heterocycles. The van der Waals surface area contributed by atoms with Crippen LogP contribution in [-0.4, -0.2) is 33.1 Å². The summed E-state index contributed by atoms with van der Waals surface area (Å²) in [6, 6.07) is 0. The molecule has 0 spiro atoms. The SMILES string of the molecule is COC(C)Cn1c(CO)n[nH]c1=S. The van der Waals surface area contributed by atoms with Crippen molar-refractivity contribution in [2.24, 2.45) is 0 Å². The Kier molecular flexibility index (Phi) is 3.58. The highest BCUT2D eigenvalue weighted by atomic mass is 32.1. The lowest BCUT2D eigenvalue weighted by molar-refractivity contribution is 0.100. The Bertz CT molecular complexity index is 320. The van der Waals surface area contributed by atoms with Gasteiger partial charge < -0.3 is 9.84 Å². The minimum absolute atomic E-state index is 0.0506. The third kappa shape index (κ3) is 2.36. The summed E-state index contributed by atoms with van der Waals surface area (Å²) in [5, 5.41) is 15.4. The zero-order valence-electron chi connectivity index (χ0n) is 7.65. The molecule has 13 heavy (non-hydrogen) atoms. The van der Waals surface area contributed by atoms with Gasteiger partial charge in [-0.05, 0) is 19.1 Å². The van der Waals surface area contributed by atoms with Crippen LogP contribution in [0.2, 0.25) is 0 Å². The molecule has 1 aromatic rings. The van der Waals surface area contributed by atoms with Crippen LogP contribution in [0, 0.1) is 4.77 Å². The molecule has 0 aromatic carbocycles. The van der Waals surface area contributed by atoms with Crippen molar-refractivity contribution in [3.05, 3.63) is 10.6 Å². The highest BCUT2D eigenvalue weighted by Gasteiger charge is 2.07. The van der Waals surface area contributed by atoms with Crippen LogP contribution >= 0.6 is 12.2 Å². The van der Waals surface area contributed by atoms with Crippen molar-refractivity contribution < 1.29 is 9.84 Å². The van der Waals surface area contributed by atoms with Gasteiger partial charge in [-0.15, -0.1) is 0 Å². The Morgan fingerprint density at radius 2 is 2.46 bits per heavy atom. The van der Waals surface area contributed by atoms with E-state index in [9.17, 15) is 0 Å². The first kappa shape index (κ1) is 10.4. The second kappa shape index (κ2) is 4.50. The van der Waals surface area contributed by atoms with Crippen molar-refractivity contribution >= 4 is 12.2 Å². The van der Waals surface area contributed by atoms with Crippen molar-refractivity contribution in [2.45, 2.75) is 26.2 Å². The van der Waals surface area contributed by atoms with Crippen LogP contribution < -0.4 is 0 Å². The zero-order chi connectivity index (χ0) is 9.84. The number of aromatic nitrogens is 3. The summed E-state index contributed by atoms with van der Waals surface area (Å²) in [7, 11) is 1.63. The average molecular weight is 203 g/mol. The van der Waals surface area contributed by atoms with Gasteiger partial charge in [0.05, 0.1) is 12.6 Å². The van der Waals surface area contributed by atoms with Gasteiger partial charge in [-0.3, -0.25) is 9.67 Å². The van der Waals surface area contributed by atoms with Crippen LogP contribution in [0.1, 0.15) is 12.7 Å². The van der Waals surface area contributed by atoms with Crippen molar-refractivity contribution in [2.75, 3.05) is 7.11 Å². The topological polar surface area (TPSA) is 63.1 Å². The summed E-state index contributed by atoms with van der Waals surface area (Å²) in [4.78, 5) is 0. The van der Waals surface area contributed by atoms with E-state index in [2.05, 4.69) is 10.2 Å². The quantitative estimate of drug-likeness (QED) is 0.698. The van der Waals surface area contributed by atoms with Crippen molar-refractivity contribution in [1.82, 2.24) is 14.8 Å². The van der Waals surface area contributed by atoms with E-state index >= 15 is 0 Å². The molecular formula is C7H13N3O2S. The third-order valence-electron chi connectivity index (χ3n) is 1.82. The minimum Gasteiger partial charge on any atom is -0.388 e. The third-order valence-corrected chi connectivity index (χ3v) is 2.13. The average Bonchev–Trinajstić information content (AvgIpc) is 2.48. The molecule has 0 fully saturated rings. The largest absolute Gasteiger partial charge is 0.388 e. The van der Waals surface area contributed by atoms with E-state index < -0.39 is 0 Å². The smallest absolute Gasteiger partial charge is 0.195 e. The first-order valence-electron chi connectivity index (χ1n) is 3.96. The maximum atomic E-state index is 8.93. The van der Waals surface area contributed by atoms with Gasteiger partial charge in [-0.1, -0.05) is 0 Å². The summed E-state index contributed by atoms with van der Waals surface area (Å²) in [6.45, 7) is 2.40. The molecule has 0 saturated carbocycles. The highest BCUT2D eigenvalue weighted by Crippen LogP contribution is 2.01. The van der Waals surface area contributed by atoms with Gasteiger partial charge in [0.25, 0.3) is 0 Å². The fourth-order valence-corrected chi connectivity index (χ4v) is 1.22. The lowest BCUT2D eigenvalue weighted by Crippen LogP contribution is -2.16. The second-order valence-electron chi connectivity index (χ2n) is 2.76. The number of nitrogens with one attached hydrogen (secondary N) is 1. The first-order chi connectivity index (χ1) is 6.19. The maximum Gasteiger partial charge on any atom is 0.195 e. The van der Waals surface area contributed by atoms with Crippen molar-refractivity contribution in [3.63, 3.8) is 0 Å². The zero-order valence-corrected chi connectivity index (χ0v) is 8.47. The van der Waals surface area contributed by atoms with Crippen LogP contribution in [0.5, 0.6) is 0 Å². The summed E-state index contributed by atoms with van der Waals surface area (Å²) in [5.74, 6) is 0.536. The Balaban J connectivity index is 2.85. The van der Waals surface area contributed by atoms with Crippen molar-refractivity contribution in [3.8, 4) is 0 Å². The Morgan fingerprint density at radius 1 is 1.77 bits per heavy atom. The number of aromatic amines is 1. The van der Waals surface area contributed by atoms with Gasteiger partial charge in [0.2, 0.25) is 0 Å². The van der Waals surface area contributed by atoms with E-state index in [0.29, 0.717) is 17.1 Å². The van der Waals surface area contributed by atoms with Crippen LogP contribution in [0.3, 0.4) is 0 Å². The number of aliphatic hydroxyl groups is 1. The molecule has 0 aliphatic rings.